The van der Waals surface area contributed by atoms with Gasteiger partial charge in [0.25, 0.3) is 0 Å². The van der Waals surface area contributed by atoms with Crippen molar-refractivity contribution in [1.29, 1.82) is 0 Å². The minimum atomic E-state index is 0.814. The molecular formula is C13H17N3O. The van der Waals surface area contributed by atoms with Crippen LogP contribution in [0.4, 0.5) is 0 Å². The van der Waals surface area contributed by atoms with Crippen molar-refractivity contribution in [3.05, 3.63) is 30.1 Å². The van der Waals surface area contributed by atoms with Crippen molar-refractivity contribution >= 4 is 6.21 Å². The van der Waals surface area contributed by atoms with Gasteiger partial charge in [-0.25, -0.2) is 0 Å². The van der Waals surface area contributed by atoms with Gasteiger partial charge in [0.1, 0.15) is 5.75 Å². The summed E-state index contributed by atoms with van der Waals surface area (Å²) in [5.41, 5.74) is 2.95. The highest BCUT2D eigenvalue weighted by atomic mass is 16.5. The maximum absolute atomic E-state index is 5.32. The molecule has 0 amide bonds. The third-order valence-electron chi connectivity index (χ3n) is 2.49. The molecule has 0 unspecified atom stereocenters. The van der Waals surface area contributed by atoms with E-state index < -0.39 is 0 Å². The first-order valence-electron chi connectivity index (χ1n) is 5.75. The molecule has 2 rings (SSSR count). The number of hydrogen-bond donors (Lipinski definition) is 2. The lowest BCUT2D eigenvalue weighted by molar-refractivity contribution is 0.415. The van der Waals surface area contributed by atoms with Crippen LogP contribution in [0, 0.1) is 0 Å². The van der Waals surface area contributed by atoms with Crippen LogP contribution in [0.5, 0.6) is 5.75 Å². The van der Waals surface area contributed by atoms with E-state index in [1.54, 1.807) is 7.11 Å². The molecule has 2 aromatic rings. The Morgan fingerprint density at radius 1 is 1.41 bits per heavy atom. The van der Waals surface area contributed by atoms with Crippen molar-refractivity contribution in [2.24, 2.45) is 4.99 Å². The van der Waals surface area contributed by atoms with Gasteiger partial charge in [0.2, 0.25) is 0 Å². The molecule has 2 aromatic heterocycles. The van der Waals surface area contributed by atoms with Crippen LogP contribution in [-0.2, 0) is 0 Å². The molecule has 0 saturated carbocycles. The number of aromatic nitrogens is 2. The van der Waals surface area contributed by atoms with Gasteiger partial charge in [0.15, 0.2) is 0 Å². The Bertz CT molecular complexity index is 483. The van der Waals surface area contributed by atoms with E-state index in [0.717, 1.165) is 35.8 Å². The number of aliphatic imine (C=N–C) groups is 1. The normalized spacial score (nSPS) is 11.2. The summed E-state index contributed by atoms with van der Waals surface area (Å²) in [6, 6.07) is 5.95. The smallest absolute Gasteiger partial charge is 0.146 e. The third kappa shape index (κ3) is 2.58. The van der Waals surface area contributed by atoms with Crippen molar-refractivity contribution in [2.75, 3.05) is 13.7 Å². The first-order chi connectivity index (χ1) is 8.35. The molecule has 17 heavy (non-hydrogen) atoms. The quantitative estimate of drug-likeness (QED) is 0.764. The van der Waals surface area contributed by atoms with Crippen LogP contribution in [0.3, 0.4) is 0 Å². The first kappa shape index (κ1) is 11.5. The van der Waals surface area contributed by atoms with Gasteiger partial charge in [-0.2, -0.15) is 0 Å². The lowest BCUT2D eigenvalue weighted by atomic mass is 10.3. The summed E-state index contributed by atoms with van der Waals surface area (Å²) in [6.07, 6.45) is 4.77. The Balaban J connectivity index is 2.27. The fourth-order valence-corrected chi connectivity index (χ4v) is 1.64. The van der Waals surface area contributed by atoms with Crippen LogP contribution < -0.4 is 4.74 Å². The van der Waals surface area contributed by atoms with Crippen molar-refractivity contribution in [2.45, 2.75) is 13.3 Å². The van der Waals surface area contributed by atoms with E-state index in [9.17, 15) is 0 Å². The van der Waals surface area contributed by atoms with Crippen molar-refractivity contribution < 1.29 is 4.74 Å². The molecule has 0 saturated heterocycles. The third-order valence-corrected chi connectivity index (χ3v) is 2.49. The zero-order valence-electron chi connectivity index (χ0n) is 10.2. The Labute approximate surface area is 101 Å². The summed E-state index contributed by atoms with van der Waals surface area (Å²) >= 11 is 0. The Hall–Kier alpha value is -1.97. The molecule has 0 aliphatic carbocycles. The topological polar surface area (TPSA) is 53.2 Å². The van der Waals surface area contributed by atoms with Gasteiger partial charge in [-0.3, -0.25) is 4.99 Å². The van der Waals surface area contributed by atoms with Crippen molar-refractivity contribution in [1.82, 2.24) is 9.97 Å². The number of ether oxygens (including phenoxy) is 1. The molecule has 0 aliphatic heterocycles. The monoisotopic (exact) mass is 231 g/mol. The summed E-state index contributed by atoms with van der Waals surface area (Å²) in [4.78, 5) is 10.8. The molecule has 90 valence electrons. The summed E-state index contributed by atoms with van der Waals surface area (Å²) in [7, 11) is 1.67. The summed E-state index contributed by atoms with van der Waals surface area (Å²) in [5.74, 6) is 0.814. The molecule has 0 spiro atoms. The maximum Gasteiger partial charge on any atom is 0.146 e. The summed E-state index contributed by atoms with van der Waals surface area (Å²) < 4.78 is 5.32. The number of H-pyrrole nitrogens is 2. The van der Waals surface area contributed by atoms with E-state index >= 15 is 0 Å². The second kappa shape index (κ2) is 5.39. The van der Waals surface area contributed by atoms with Crippen LogP contribution in [0.2, 0.25) is 0 Å². The molecular weight excluding hydrogens is 214 g/mol. The van der Waals surface area contributed by atoms with Gasteiger partial charge in [-0.05, 0) is 18.6 Å². The molecule has 4 nitrogen and oxygen atoms in total. The van der Waals surface area contributed by atoms with Crippen LogP contribution in [0.1, 0.15) is 19.0 Å². The molecule has 0 radical (unpaired) electrons. The minimum absolute atomic E-state index is 0.814. The minimum Gasteiger partial charge on any atom is -0.494 e. The highest BCUT2D eigenvalue weighted by Crippen LogP contribution is 2.24. The fraction of sp³-hybridized carbons (Fsp3) is 0.308. The van der Waals surface area contributed by atoms with E-state index in [0.29, 0.717) is 0 Å². The molecule has 0 aliphatic rings. The number of hydrogen-bond acceptors (Lipinski definition) is 2. The number of nitrogens with one attached hydrogen (secondary N) is 2. The van der Waals surface area contributed by atoms with Crippen molar-refractivity contribution in [3.63, 3.8) is 0 Å². The number of rotatable bonds is 5. The highest BCUT2D eigenvalue weighted by Gasteiger charge is 2.08. The SMILES string of the molecule is CCCN=Cc1[nH]c(-c2ccc[nH]2)cc1OC. The molecule has 0 aromatic carbocycles. The van der Waals surface area contributed by atoms with E-state index in [1.807, 2.05) is 30.6 Å². The van der Waals surface area contributed by atoms with Gasteiger partial charge < -0.3 is 14.7 Å². The largest absolute Gasteiger partial charge is 0.494 e. The standard InChI is InChI=1S/C13H17N3O/c1-3-6-14-9-12-13(17-2)8-11(16-12)10-5-4-7-15-10/h4-5,7-9,15-16H,3,6H2,1-2H3. The number of methoxy groups -OCH3 is 1. The van der Waals surface area contributed by atoms with Crippen LogP contribution >= 0.6 is 0 Å². The second-order valence-corrected chi connectivity index (χ2v) is 3.78. The average Bonchev–Trinajstić information content (AvgIpc) is 2.97. The number of nitrogens with zero attached hydrogens (tertiary/aromatic N) is 1. The lowest BCUT2D eigenvalue weighted by Gasteiger charge is -1.95. The Kier molecular flexibility index (Phi) is 3.65. The van der Waals surface area contributed by atoms with Gasteiger partial charge in [0, 0.05) is 25.0 Å². The summed E-state index contributed by atoms with van der Waals surface area (Å²) in [6.45, 7) is 2.94. The van der Waals surface area contributed by atoms with E-state index in [4.69, 9.17) is 4.74 Å². The predicted octanol–water partition coefficient (Wildman–Crippen LogP) is 2.85. The number of aromatic amines is 2. The van der Waals surface area contributed by atoms with E-state index in [2.05, 4.69) is 21.9 Å². The molecule has 2 heterocycles. The Morgan fingerprint density at radius 3 is 2.94 bits per heavy atom. The predicted molar refractivity (Wildman–Crippen MR) is 69.9 cm³/mol. The Morgan fingerprint density at radius 2 is 2.29 bits per heavy atom. The molecule has 0 atom stereocenters. The van der Waals surface area contributed by atoms with Gasteiger partial charge in [0.05, 0.1) is 24.2 Å². The average molecular weight is 231 g/mol. The van der Waals surface area contributed by atoms with Crippen LogP contribution in [0.15, 0.2) is 29.4 Å². The van der Waals surface area contributed by atoms with E-state index in [1.165, 1.54) is 0 Å². The maximum atomic E-state index is 5.32. The zero-order valence-corrected chi connectivity index (χ0v) is 10.2. The fourth-order valence-electron chi connectivity index (χ4n) is 1.64. The molecule has 2 N–H and O–H groups in total. The molecule has 4 heteroatoms. The van der Waals surface area contributed by atoms with Gasteiger partial charge in [-0.1, -0.05) is 6.92 Å². The van der Waals surface area contributed by atoms with Crippen LogP contribution in [0.25, 0.3) is 11.4 Å². The van der Waals surface area contributed by atoms with E-state index in [-0.39, 0.29) is 0 Å². The second-order valence-electron chi connectivity index (χ2n) is 3.78. The van der Waals surface area contributed by atoms with Gasteiger partial charge in [-0.15, -0.1) is 0 Å². The molecule has 0 bridgehead atoms. The van der Waals surface area contributed by atoms with Crippen LogP contribution in [-0.4, -0.2) is 29.8 Å². The highest BCUT2D eigenvalue weighted by molar-refractivity contribution is 5.83. The lowest BCUT2D eigenvalue weighted by Crippen LogP contribution is -1.89. The van der Waals surface area contributed by atoms with Crippen molar-refractivity contribution in [3.8, 4) is 17.1 Å². The first-order valence-corrected chi connectivity index (χ1v) is 5.75. The summed E-state index contributed by atoms with van der Waals surface area (Å²) in [5, 5.41) is 0. The van der Waals surface area contributed by atoms with Gasteiger partial charge >= 0.3 is 0 Å². The molecule has 0 fully saturated rings. The zero-order chi connectivity index (χ0) is 12.1.